The van der Waals surface area contributed by atoms with Crippen LogP contribution < -0.4 is 10.9 Å². The van der Waals surface area contributed by atoms with Crippen LogP contribution in [0.3, 0.4) is 0 Å². The zero-order valence-electron chi connectivity index (χ0n) is 13.9. The molecule has 2 heterocycles. The van der Waals surface area contributed by atoms with Crippen molar-refractivity contribution >= 4 is 17.7 Å². The summed E-state index contributed by atoms with van der Waals surface area (Å²) in [6, 6.07) is 1.45. The molecule has 2 aromatic heterocycles. The molecule has 0 bridgehead atoms. The summed E-state index contributed by atoms with van der Waals surface area (Å²) in [5.41, 5.74) is -0.675. The zero-order chi connectivity index (χ0) is 18.1. The highest BCUT2D eigenvalue weighted by molar-refractivity contribution is 6.04. The molecular formula is C15H19N5O4. The minimum atomic E-state index is -1.05. The Morgan fingerprint density at radius 2 is 2.04 bits per heavy atom. The molecule has 0 aromatic carbocycles. The first kappa shape index (κ1) is 17.4. The first-order valence-electron chi connectivity index (χ1n) is 7.26. The number of anilines is 1. The van der Waals surface area contributed by atoms with Gasteiger partial charge >= 0.3 is 5.97 Å². The molecule has 128 valence electrons. The lowest BCUT2D eigenvalue weighted by molar-refractivity contribution is -0.137. The Balaban J connectivity index is 2.26. The van der Waals surface area contributed by atoms with Gasteiger partial charge in [0.2, 0.25) is 0 Å². The number of rotatable bonds is 4. The monoisotopic (exact) mass is 333 g/mol. The molecule has 0 radical (unpaired) electrons. The molecule has 0 unspecified atom stereocenters. The number of nitrogens with one attached hydrogen (secondary N) is 2. The highest BCUT2D eigenvalue weighted by Crippen LogP contribution is 2.17. The smallest absolute Gasteiger partial charge is 0.325 e. The number of carboxylic acids is 1. The quantitative estimate of drug-likeness (QED) is 0.762. The van der Waals surface area contributed by atoms with Crippen LogP contribution in [-0.4, -0.2) is 36.7 Å². The van der Waals surface area contributed by atoms with Gasteiger partial charge in [0, 0.05) is 17.7 Å². The van der Waals surface area contributed by atoms with Crippen molar-refractivity contribution in [3.63, 3.8) is 0 Å². The second-order valence-corrected chi connectivity index (χ2v) is 6.37. The van der Waals surface area contributed by atoms with Crippen molar-refractivity contribution in [1.82, 2.24) is 19.7 Å². The Bertz CT molecular complexity index is 844. The topological polar surface area (TPSA) is 130 Å². The van der Waals surface area contributed by atoms with Gasteiger partial charge in [-0.25, -0.2) is 4.98 Å². The third-order valence-corrected chi connectivity index (χ3v) is 3.22. The third-order valence-electron chi connectivity index (χ3n) is 3.22. The summed E-state index contributed by atoms with van der Waals surface area (Å²) in [4.78, 5) is 42.1. The van der Waals surface area contributed by atoms with Gasteiger partial charge in [-0.2, -0.15) is 5.10 Å². The van der Waals surface area contributed by atoms with Crippen molar-refractivity contribution in [2.75, 3.05) is 5.32 Å². The minimum Gasteiger partial charge on any atom is -0.480 e. The van der Waals surface area contributed by atoms with Crippen LogP contribution in [0.1, 0.15) is 42.6 Å². The number of aliphatic carboxylic acids is 1. The molecule has 1 amide bonds. The van der Waals surface area contributed by atoms with Crippen LogP contribution in [0.25, 0.3) is 0 Å². The van der Waals surface area contributed by atoms with Crippen LogP contribution in [0.15, 0.2) is 17.1 Å². The number of aromatic amines is 1. The van der Waals surface area contributed by atoms with Crippen molar-refractivity contribution in [2.45, 2.75) is 39.7 Å². The van der Waals surface area contributed by atoms with Gasteiger partial charge in [0.1, 0.15) is 17.9 Å². The lowest BCUT2D eigenvalue weighted by Gasteiger charge is -2.18. The van der Waals surface area contributed by atoms with E-state index in [0.29, 0.717) is 11.5 Å². The highest BCUT2D eigenvalue weighted by atomic mass is 16.4. The molecule has 24 heavy (non-hydrogen) atoms. The summed E-state index contributed by atoms with van der Waals surface area (Å²) >= 11 is 0. The fraction of sp³-hybridized carbons (Fsp3) is 0.400. The van der Waals surface area contributed by atoms with E-state index >= 15 is 0 Å². The van der Waals surface area contributed by atoms with Gasteiger partial charge in [-0.05, 0) is 6.92 Å². The molecule has 0 aliphatic rings. The molecule has 0 aliphatic heterocycles. The van der Waals surface area contributed by atoms with E-state index in [-0.39, 0.29) is 23.3 Å². The van der Waals surface area contributed by atoms with E-state index in [1.807, 2.05) is 20.8 Å². The number of nitrogens with zero attached hydrogens (tertiary/aromatic N) is 3. The SMILES string of the molecule is Cc1nc(C(C)(C)C)[nH]c(=O)c1C(=O)Nc1ccn(CC(=O)O)n1. The second-order valence-electron chi connectivity index (χ2n) is 6.37. The zero-order valence-corrected chi connectivity index (χ0v) is 13.9. The van der Waals surface area contributed by atoms with Gasteiger partial charge in [0.05, 0.1) is 5.69 Å². The minimum absolute atomic E-state index is 0.101. The number of carbonyl (C=O) groups excluding carboxylic acids is 1. The average Bonchev–Trinajstić information content (AvgIpc) is 2.82. The number of aromatic nitrogens is 4. The summed E-state index contributed by atoms with van der Waals surface area (Å²) in [7, 11) is 0. The molecule has 9 heteroatoms. The van der Waals surface area contributed by atoms with E-state index in [4.69, 9.17) is 5.11 Å². The van der Waals surface area contributed by atoms with Gasteiger partial charge in [-0.1, -0.05) is 20.8 Å². The van der Waals surface area contributed by atoms with Crippen LogP contribution in [0.4, 0.5) is 5.82 Å². The fourth-order valence-electron chi connectivity index (χ4n) is 2.04. The van der Waals surface area contributed by atoms with Gasteiger partial charge in [-0.15, -0.1) is 0 Å². The van der Waals surface area contributed by atoms with E-state index in [9.17, 15) is 14.4 Å². The number of aryl methyl sites for hydroxylation is 1. The number of hydrogen-bond donors (Lipinski definition) is 3. The van der Waals surface area contributed by atoms with E-state index < -0.39 is 17.4 Å². The Morgan fingerprint density at radius 1 is 1.38 bits per heavy atom. The third kappa shape index (κ3) is 3.86. The molecule has 0 atom stereocenters. The summed E-state index contributed by atoms with van der Waals surface area (Å²) in [5.74, 6) is -1.06. The van der Waals surface area contributed by atoms with Crippen molar-refractivity contribution in [2.24, 2.45) is 0 Å². The van der Waals surface area contributed by atoms with Gasteiger partial charge < -0.3 is 15.4 Å². The summed E-state index contributed by atoms with van der Waals surface area (Å²) in [5, 5.41) is 15.1. The maximum atomic E-state index is 12.3. The van der Waals surface area contributed by atoms with Gasteiger partial charge in [0.15, 0.2) is 5.82 Å². The van der Waals surface area contributed by atoms with Crippen LogP contribution in [-0.2, 0) is 16.8 Å². The molecule has 2 rings (SSSR count). The normalized spacial score (nSPS) is 11.3. The van der Waals surface area contributed by atoms with E-state index in [2.05, 4.69) is 20.4 Å². The van der Waals surface area contributed by atoms with Crippen molar-refractivity contribution in [1.29, 1.82) is 0 Å². The van der Waals surface area contributed by atoms with Gasteiger partial charge in [0.25, 0.3) is 11.5 Å². The molecule has 0 saturated heterocycles. The molecule has 0 spiro atoms. The molecule has 9 nitrogen and oxygen atoms in total. The first-order valence-corrected chi connectivity index (χ1v) is 7.26. The average molecular weight is 333 g/mol. The molecule has 0 aliphatic carbocycles. The number of H-pyrrole nitrogens is 1. The number of carbonyl (C=O) groups is 2. The first-order chi connectivity index (χ1) is 11.1. The maximum absolute atomic E-state index is 12.3. The molecule has 3 N–H and O–H groups in total. The highest BCUT2D eigenvalue weighted by Gasteiger charge is 2.22. The number of hydrogen-bond acceptors (Lipinski definition) is 5. The Kier molecular flexibility index (Phi) is 4.54. The summed E-state index contributed by atoms with van der Waals surface area (Å²) < 4.78 is 1.16. The van der Waals surface area contributed by atoms with E-state index in [1.165, 1.54) is 12.3 Å². The van der Waals surface area contributed by atoms with Crippen molar-refractivity contribution < 1.29 is 14.7 Å². The Morgan fingerprint density at radius 3 is 2.58 bits per heavy atom. The van der Waals surface area contributed by atoms with Gasteiger partial charge in [-0.3, -0.25) is 19.1 Å². The molecule has 2 aromatic rings. The largest absolute Gasteiger partial charge is 0.480 e. The van der Waals surface area contributed by atoms with Crippen LogP contribution >= 0.6 is 0 Å². The maximum Gasteiger partial charge on any atom is 0.325 e. The summed E-state index contributed by atoms with van der Waals surface area (Å²) in [6.45, 7) is 6.97. The van der Waals surface area contributed by atoms with E-state index in [1.54, 1.807) is 6.92 Å². The fourth-order valence-corrected chi connectivity index (χ4v) is 2.04. The lowest BCUT2D eigenvalue weighted by atomic mass is 9.95. The molecule has 0 fully saturated rings. The molecule has 0 saturated carbocycles. The summed E-state index contributed by atoms with van der Waals surface area (Å²) in [6.07, 6.45) is 1.42. The molecular weight excluding hydrogens is 314 g/mol. The predicted octanol–water partition coefficient (Wildman–Crippen LogP) is 0.909. The van der Waals surface area contributed by atoms with Crippen LogP contribution in [0.2, 0.25) is 0 Å². The number of amides is 1. The lowest BCUT2D eigenvalue weighted by Crippen LogP contribution is -2.30. The second kappa shape index (κ2) is 6.26. The Hall–Kier alpha value is -2.97. The van der Waals surface area contributed by atoms with E-state index in [0.717, 1.165) is 4.68 Å². The standard InChI is InChI=1S/C15H19N5O4/c1-8-11(13(24)18-14(16-8)15(2,3)4)12(23)17-9-5-6-20(19-9)7-10(21)22/h5-6H,7H2,1-4H3,(H,21,22)(H,16,18,24)(H,17,19,23). The van der Waals surface area contributed by atoms with Crippen LogP contribution in [0, 0.1) is 6.92 Å². The van der Waals surface area contributed by atoms with Crippen LogP contribution in [0.5, 0.6) is 0 Å². The Labute approximate surface area is 137 Å². The number of carboxylic acid groups (broad SMARTS) is 1. The predicted molar refractivity (Wildman–Crippen MR) is 86.1 cm³/mol. The van der Waals surface area contributed by atoms with Crippen molar-refractivity contribution in [3.05, 3.63) is 39.7 Å². The van der Waals surface area contributed by atoms with Crippen molar-refractivity contribution in [3.8, 4) is 0 Å².